The maximum Gasteiger partial charge on any atom is 0.164 e. The number of benzene rings is 5. The third kappa shape index (κ3) is 4.92. The van der Waals surface area contributed by atoms with Gasteiger partial charge >= 0.3 is 0 Å². The molecule has 0 aliphatic rings. The minimum Gasteiger partial charge on any atom is -0.254 e. The molecular formula is C41H25N5S. The average molecular weight is 620 g/mol. The van der Waals surface area contributed by atoms with Crippen LogP contribution in [0.2, 0.25) is 0 Å². The summed E-state index contributed by atoms with van der Waals surface area (Å²) in [6, 6.07) is 49.6. The Hall–Kier alpha value is -6.11. The van der Waals surface area contributed by atoms with E-state index in [1.165, 1.54) is 14.8 Å². The summed E-state index contributed by atoms with van der Waals surface area (Å²) in [7, 11) is 0. The van der Waals surface area contributed by atoms with Gasteiger partial charge in [-0.3, -0.25) is 4.98 Å². The predicted molar refractivity (Wildman–Crippen MR) is 193 cm³/mol. The molecule has 0 fully saturated rings. The lowest BCUT2D eigenvalue weighted by atomic mass is 9.98. The summed E-state index contributed by atoms with van der Waals surface area (Å²) in [4.78, 5) is 24.7. The molecule has 0 spiro atoms. The van der Waals surface area contributed by atoms with Crippen LogP contribution in [-0.2, 0) is 0 Å². The standard InChI is InChI=1S/C41H25N5S/c1-3-11-26(12-4-1)39-44-40(27-13-5-2-6-14-27)46-41(45-39)29-16-9-15-28(25-29)30-18-10-19-33-31(30)21-22-34(43-33)38-37-32-17-7-8-20-35(32)47-36(37)23-24-42-38/h1-25H. The van der Waals surface area contributed by atoms with Crippen LogP contribution < -0.4 is 0 Å². The van der Waals surface area contributed by atoms with Crippen molar-refractivity contribution in [2.75, 3.05) is 0 Å². The van der Waals surface area contributed by atoms with Gasteiger partial charge in [-0.1, -0.05) is 109 Å². The van der Waals surface area contributed by atoms with E-state index in [0.717, 1.165) is 55.5 Å². The molecule has 0 radical (unpaired) electrons. The van der Waals surface area contributed by atoms with Gasteiger partial charge in [-0.15, -0.1) is 11.3 Å². The molecule has 0 saturated carbocycles. The molecule has 9 aromatic rings. The number of hydrogen-bond acceptors (Lipinski definition) is 6. The zero-order valence-corrected chi connectivity index (χ0v) is 25.9. The predicted octanol–water partition coefficient (Wildman–Crippen LogP) is 10.5. The molecule has 0 atom stereocenters. The molecule has 0 aliphatic heterocycles. The van der Waals surface area contributed by atoms with E-state index in [2.05, 4.69) is 84.9 Å². The van der Waals surface area contributed by atoms with Crippen molar-refractivity contribution >= 4 is 42.4 Å². The summed E-state index contributed by atoms with van der Waals surface area (Å²) in [5, 5.41) is 3.44. The number of hydrogen-bond donors (Lipinski definition) is 0. The topological polar surface area (TPSA) is 64.5 Å². The van der Waals surface area contributed by atoms with Gasteiger partial charge in [-0.05, 0) is 47.5 Å². The molecule has 0 aliphatic carbocycles. The summed E-state index contributed by atoms with van der Waals surface area (Å²) in [6.07, 6.45) is 1.88. The van der Waals surface area contributed by atoms with Crippen molar-refractivity contribution in [2.45, 2.75) is 0 Å². The molecule has 4 aromatic heterocycles. The molecule has 0 N–H and O–H groups in total. The first kappa shape index (κ1) is 27.2. The Labute approximate surface area is 275 Å². The van der Waals surface area contributed by atoms with Crippen molar-refractivity contribution in [2.24, 2.45) is 0 Å². The highest BCUT2D eigenvalue weighted by molar-refractivity contribution is 7.25. The quantitative estimate of drug-likeness (QED) is 0.192. The van der Waals surface area contributed by atoms with E-state index in [1.54, 1.807) is 11.3 Å². The molecule has 0 saturated heterocycles. The molecule has 0 amide bonds. The minimum atomic E-state index is 0.627. The molecular weight excluding hydrogens is 595 g/mol. The number of rotatable bonds is 5. The van der Waals surface area contributed by atoms with Crippen molar-refractivity contribution in [3.05, 3.63) is 152 Å². The highest BCUT2D eigenvalue weighted by Gasteiger charge is 2.16. The fraction of sp³-hybridized carbons (Fsp3) is 0. The lowest BCUT2D eigenvalue weighted by Gasteiger charge is -2.11. The first-order valence-electron chi connectivity index (χ1n) is 15.4. The first-order chi connectivity index (χ1) is 23.3. The van der Waals surface area contributed by atoms with Crippen molar-refractivity contribution < 1.29 is 0 Å². The van der Waals surface area contributed by atoms with Crippen molar-refractivity contribution in [1.82, 2.24) is 24.9 Å². The van der Waals surface area contributed by atoms with Gasteiger partial charge < -0.3 is 0 Å². The Balaban J connectivity index is 1.15. The van der Waals surface area contributed by atoms with E-state index in [-0.39, 0.29) is 0 Å². The van der Waals surface area contributed by atoms with Crippen molar-refractivity contribution in [3.8, 4) is 56.7 Å². The SMILES string of the molecule is c1ccc(-c2nc(-c3ccccc3)nc(-c3cccc(-c4cccc5nc(-c6nccc7sc8ccccc8c67)ccc45)c3)n2)cc1. The lowest BCUT2D eigenvalue weighted by molar-refractivity contribution is 1.07. The molecule has 0 bridgehead atoms. The third-order valence-corrected chi connectivity index (χ3v) is 9.53. The highest BCUT2D eigenvalue weighted by Crippen LogP contribution is 2.39. The number of nitrogens with zero attached hydrogens (tertiary/aromatic N) is 5. The molecule has 47 heavy (non-hydrogen) atoms. The second-order valence-electron chi connectivity index (χ2n) is 11.3. The maximum atomic E-state index is 5.15. The van der Waals surface area contributed by atoms with E-state index < -0.39 is 0 Å². The monoisotopic (exact) mass is 619 g/mol. The zero-order valence-electron chi connectivity index (χ0n) is 25.1. The van der Waals surface area contributed by atoms with Crippen LogP contribution in [0.4, 0.5) is 0 Å². The van der Waals surface area contributed by atoms with E-state index in [0.29, 0.717) is 17.5 Å². The molecule has 5 aromatic carbocycles. The van der Waals surface area contributed by atoms with Crippen LogP contribution in [0.15, 0.2) is 152 Å². The van der Waals surface area contributed by atoms with Gasteiger partial charge in [0.05, 0.1) is 16.9 Å². The number of pyridine rings is 2. The Morgan fingerprint density at radius 1 is 0.426 bits per heavy atom. The van der Waals surface area contributed by atoms with E-state index >= 15 is 0 Å². The van der Waals surface area contributed by atoms with E-state index in [4.69, 9.17) is 24.9 Å². The summed E-state index contributed by atoms with van der Waals surface area (Å²) in [5.74, 6) is 1.91. The van der Waals surface area contributed by atoms with E-state index in [1.807, 2.05) is 66.9 Å². The zero-order chi connectivity index (χ0) is 31.2. The average Bonchev–Trinajstić information content (AvgIpc) is 3.54. The fourth-order valence-electron chi connectivity index (χ4n) is 6.17. The molecule has 9 rings (SSSR count). The second kappa shape index (κ2) is 11.4. The number of thiophene rings is 1. The first-order valence-corrected chi connectivity index (χ1v) is 16.2. The summed E-state index contributed by atoms with van der Waals surface area (Å²) >= 11 is 1.79. The molecule has 0 unspecified atom stereocenters. The van der Waals surface area contributed by atoms with Crippen LogP contribution in [0.3, 0.4) is 0 Å². The second-order valence-corrected chi connectivity index (χ2v) is 12.4. The van der Waals surface area contributed by atoms with Gasteiger partial charge in [-0.2, -0.15) is 0 Å². The smallest absolute Gasteiger partial charge is 0.164 e. The number of aromatic nitrogens is 5. The molecule has 6 heteroatoms. The Morgan fingerprint density at radius 2 is 1.06 bits per heavy atom. The summed E-state index contributed by atoms with van der Waals surface area (Å²) in [5.41, 5.74) is 7.66. The van der Waals surface area contributed by atoms with Crippen LogP contribution in [0, 0.1) is 0 Å². The van der Waals surface area contributed by atoms with Gasteiger partial charge in [0.2, 0.25) is 0 Å². The Bertz CT molecular complexity index is 2520. The molecule has 4 heterocycles. The maximum absolute atomic E-state index is 5.15. The minimum absolute atomic E-state index is 0.627. The van der Waals surface area contributed by atoms with Crippen LogP contribution in [0.5, 0.6) is 0 Å². The van der Waals surface area contributed by atoms with Crippen LogP contribution in [0.25, 0.3) is 87.8 Å². The van der Waals surface area contributed by atoms with Gasteiger partial charge in [0.25, 0.3) is 0 Å². The van der Waals surface area contributed by atoms with E-state index in [9.17, 15) is 0 Å². The fourth-order valence-corrected chi connectivity index (χ4v) is 7.27. The Kier molecular flexibility index (Phi) is 6.58. The normalized spacial score (nSPS) is 11.4. The Morgan fingerprint density at radius 3 is 1.83 bits per heavy atom. The van der Waals surface area contributed by atoms with Crippen molar-refractivity contribution in [1.29, 1.82) is 0 Å². The van der Waals surface area contributed by atoms with Crippen LogP contribution in [-0.4, -0.2) is 24.9 Å². The van der Waals surface area contributed by atoms with Crippen molar-refractivity contribution in [3.63, 3.8) is 0 Å². The lowest BCUT2D eigenvalue weighted by Crippen LogP contribution is -2.00. The van der Waals surface area contributed by atoms with Gasteiger partial charge in [0.1, 0.15) is 0 Å². The van der Waals surface area contributed by atoms with Crippen LogP contribution >= 0.6 is 11.3 Å². The highest BCUT2D eigenvalue weighted by atomic mass is 32.1. The number of fused-ring (bicyclic) bond motifs is 4. The van der Waals surface area contributed by atoms with Gasteiger partial charge in [0.15, 0.2) is 17.5 Å². The third-order valence-electron chi connectivity index (χ3n) is 8.39. The summed E-state index contributed by atoms with van der Waals surface area (Å²) < 4.78 is 2.47. The molecule has 220 valence electrons. The molecule has 5 nitrogen and oxygen atoms in total. The van der Waals surface area contributed by atoms with Gasteiger partial charge in [0, 0.05) is 48.4 Å². The van der Waals surface area contributed by atoms with Crippen LogP contribution in [0.1, 0.15) is 0 Å². The largest absolute Gasteiger partial charge is 0.254 e. The van der Waals surface area contributed by atoms with Gasteiger partial charge in [-0.25, -0.2) is 19.9 Å². The summed E-state index contributed by atoms with van der Waals surface area (Å²) in [6.45, 7) is 0.